The van der Waals surface area contributed by atoms with Crippen LogP contribution in [0.5, 0.6) is 0 Å². The summed E-state index contributed by atoms with van der Waals surface area (Å²) < 4.78 is 1.53. The van der Waals surface area contributed by atoms with Crippen molar-refractivity contribution in [2.24, 2.45) is 0 Å². The second-order valence-electron chi connectivity index (χ2n) is 1.94. The molecule has 1 heterocycles. The van der Waals surface area contributed by atoms with Crippen LogP contribution >= 0.6 is 23.8 Å². The summed E-state index contributed by atoms with van der Waals surface area (Å²) in [5.74, 6) is 0. The molecule has 0 amide bonds. The highest BCUT2D eigenvalue weighted by atomic mass is 35.5. The third-order valence-electron chi connectivity index (χ3n) is 1.09. The summed E-state index contributed by atoms with van der Waals surface area (Å²) in [5.41, 5.74) is 0. The molecule has 3 nitrogen and oxygen atoms in total. The average Bonchev–Trinajstić information content (AvgIpc) is 2.36. The first-order valence-electron chi connectivity index (χ1n) is 3.22. The van der Waals surface area contributed by atoms with E-state index in [0.717, 1.165) is 6.54 Å². The molecule has 5 heteroatoms. The van der Waals surface area contributed by atoms with Crippen LogP contribution in [0.2, 0.25) is 5.02 Å². The zero-order valence-corrected chi connectivity index (χ0v) is 7.61. The minimum absolute atomic E-state index is 0.569. The zero-order chi connectivity index (χ0) is 8.27. The molecule has 60 valence electrons. The Morgan fingerprint density at radius 3 is 3.09 bits per heavy atom. The lowest BCUT2D eigenvalue weighted by Gasteiger charge is -2.02. The quantitative estimate of drug-likeness (QED) is 0.676. The fourth-order valence-corrected chi connectivity index (χ4v) is 1.02. The van der Waals surface area contributed by atoms with Gasteiger partial charge in [-0.05, 0) is 19.1 Å². The molecule has 1 aromatic rings. The number of thiocarbonyl (C=S) groups is 1. The number of nitrogens with zero attached hydrogens (tertiary/aromatic N) is 2. The SMILES string of the molecule is CCNC(=S)n1cc(Cl)cn1. The Kier molecular flexibility index (Phi) is 2.84. The van der Waals surface area contributed by atoms with Crippen molar-refractivity contribution in [3.05, 3.63) is 17.4 Å². The van der Waals surface area contributed by atoms with E-state index in [1.54, 1.807) is 12.4 Å². The molecule has 0 bridgehead atoms. The second-order valence-corrected chi connectivity index (χ2v) is 2.76. The maximum Gasteiger partial charge on any atom is 0.193 e. The van der Waals surface area contributed by atoms with E-state index in [9.17, 15) is 0 Å². The highest BCUT2D eigenvalue weighted by molar-refractivity contribution is 7.80. The first-order chi connectivity index (χ1) is 5.24. The third-order valence-corrected chi connectivity index (χ3v) is 1.61. The van der Waals surface area contributed by atoms with Crippen LogP contribution in [0.15, 0.2) is 12.4 Å². The smallest absolute Gasteiger partial charge is 0.193 e. The molecule has 11 heavy (non-hydrogen) atoms. The Morgan fingerprint density at radius 2 is 2.64 bits per heavy atom. The van der Waals surface area contributed by atoms with Gasteiger partial charge in [-0.2, -0.15) is 5.10 Å². The molecular weight excluding hydrogens is 182 g/mol. The molecule has 0 aliphatic carbocycles. The van der Waals surface area contributed by atoms with E-state index in [0.29, 0.717) is 10.1 Å². The fraction of sp³-hybridized carbons (Fsp3) is 0.333. The van der Waals surface area contributed by atoms with Gasteiger partial charge in [-0.15, -0.1) is 0 Å². The number of rotatable bonds is 1. The molecule has 1 aromatic heterocycles. The summed E-state index contributed by atoms with van der Waals surface area (Å²) in [6.07, 6.45) is 3.21. The van der Waals surface area contributed by atoms with Crippen LogP contribution in [-0.2, 0) is 0 Å². The van der Waals surface area contributed by atoms with Gasteiger partial charge in [0.05, 0.1) is 17.4 Å². The first kappa shape index (κ1) is 8.49. The van der Waals surface area contributed by atoms with Crippen molar-refractivity contribution in [3.8, 4) is 0 Å². The molecule has 0 saturated carbocycles. The number of hydrogen-bond donors (Lipinski definition) is 1. The van der Waals surface area contributed by atoms with Crippen molar-refractivity contribution < 1.29 is 0 Å². The van der Waals surface area contributed by atoms with Crippen molar-refractivity contribution in [1.29, 1.82) is 0 Å². The lowest BCUT2D eigenvalue weighted by atomic mass is 10.7. The number of aromatic nitrogens is 2. The molecule has 1 rings (SSSR count). The fourth-order valence-electron chi connectivity index (χ4n) is 0.644. The van der Waals surface area contributed by atoms with Gasteiger partial charge in [-0.25, -0.2) is 4.68 Å². The van der Waals surface area contributed by atoms with Gasteiger partial charge >= 0.3 is 0 Å². The van der Waals surface area contributed by atoms with Crippen LogP contribution in [-0.4, -0.2) is 21.4 Å². The van der Waals surface area contributed by atoms with Gasteiger partial charge in [0.1, 0.15) is 0 Å². The van der Waals surface area contributed by atoms with Crippen LogP contribution in [0.3, 0.4) is 0 Å². The molecule has 0 aromatic carbocycles. The molecule has 1 N–H and O–H groups in total. The molecule has 0 radical (unpaired) electrons. The minimum atomic E-state index is 0.569. The van der Waals surface area contributed by atoms with Gasteiger partial charge in [0, 0.05) is 6.54 Å². The van der Waals surface area contributed by atoms with Crippen LogP contribution < -0.4 is 5.32 Å². The van der Waals surface area contributed by atoms with Crippen molar-refractivity contribution in [2.45, 2.75) is 6.92 Å². The molecule has 0 unspecified atom stereocenters. The molecule has 0 aliphatic heterocycles. The Bertz CT molecular complexity index is 258. The number of nitrogens with one attached hydrogen (secondary N) is 1. The Labute approximate surface area is 75.3 Å². The summed E-state index contributed by atoms with van der Waals surface area (Å²) in [4.78, 5) is 0. The third kappa shape index (κ3) is 2.17. The molecule has 0 atom stereocenters. The van der Waals surface area contributed by atoms with E-state index in [-0.39, 0.29) is 0 Å². The van der Waals surface area contributed by atoms with Gasteiger partial charge < -0.3 is 5.32 Å². The second kappa shape index (κ2) is 3.69. The number of halogens is 1. The Morgan fingerprint density at radius 1 is 1.91 bits per heavy atom. The van der Waals surface area contributed by atoms with Gasteiger partial charge in [0.2, 0.25) is 0 Å². The van der Waals surface area contributed by atoms with Gasteiger partial charge in [-0.3, -0.25) is 0 Å². The number of hydrogen-bond acceptors (Lipinski definition) is 2. The van der Waals surface area contributed by atoms with Gasteiger partial charge in [0.15, 0.2) is 5.11 Å². The molecule has 0 saturated heterocycles. The normalized spacial score (nSPS) is 9.64. The lowest BCUT2D eigenvalue weighted by Crippen LogP contribution is -2.27. The van der Waals surface area contributed by atoms with Crippen molar-refractivity contribution in [3.63, 3.8) is 0 Å². The predicted octanol–water partition coefficient (Wildman–Crippen LogP) is 1.28. The maximum absolute atomic E-state index is 5.63. The van der Waals surface area contributed by atoms with Crippen LogP contribution in [0, 0.1) is 0 Å². The largest absolute Gasteiger partial charge is 0.361 e. The van der Waals surface area contributed by atoms with Gasteiger partial charge in [0.25, 0.3) is 0 Å². The average molecular weight is 190 g/mol. The maximum atomic E-state index is 5.63. The van der Waals surface area contributed by atoms with Crippen molar-refractivity contribution in [1.82, 2.24) is 15.1 Å². The van der Waals surface area contributed by atoms with E-state index in [1.165, 1.54) is 4.68 Å². The monoisotopic (exact) mass is 189 g/mol. The van der Waals surface area contributed by atoms with Crippen molar-refractivity contribution in [2.75, 3.05) is 6.54 Å². The van der Waals surface area contributed by atoms with Crippen LogP contribution in [0.4, 0.5) is 0 Å². The molecular formula is C6H8ClN3S. The summed E-state index contributed by atoms with van der Waals surface area (Å²) in [5, 5.41) is 8.02. The van der Waals surface area contributed by atoms with E-state index < -0.39 is 0 Å². The van der Waals surface area contributed by atoms with E-state index >= 15 is 0 Å². The summed E-state index contributed by atoms with van der Waals surface area (Å²) >= 11 is 10.6. The van der Waals surface area contributed by atoms with Crippen molar-refractivity contribution >= 4 is 28.9 Å². The Hall–Kier alpha value is -0.610. The van der Waals surface area contributed by atoms with Gasteiger partial charge in [-0.1, -0.05) is 11.6 Å². The standard InChI is InChI=1S/C6H8ClN3S/c1-2-8-6(11)10-4-5(7)3-9-10/h3-4H,2H2,1H3,(H,8,11). The summed E-state index contributed by atoms with van der Waals surface area (Å²) in [6, 6.07) is 0. The molecule has 0 aliphatic rings. The minimum Gasteiger partial charge on any atom is -0.361 e. The molecule has 0 spiro atoms. The van der Waals surface area contributed by atoms with E-state index in [1.807, 2.05) is 6.92 Å². The highest BCUT2D eigenvalue weighted by Gasteiger charge is 1.98. The Balaban J connectivity index is 2.69. The summed E-state index contributed by atoms with van der Waals surface area (Å²) in [7, 11) is 0. The predicted molar refractivity (Wildman–Crippen MR) is 48.9 cm³/mol. The van der Waals surface area contributed by atoms with Crippen LogP contribution in [0.25, 0.3) is 0 Å². The lowest BCUT2D eigenvalue weighted by molar-refractivity contribution is 0.860. The highest BCUT2D eigenvalue weighted by Crippen LogP contribution is 2.03. The summed E-state index contributed by atoms with van der Waals surface area (Å²) in [6.45, 7) is 2.76. The van der Waals surface area contributed by atoms with E-state index in [2.05, 4.69) is 10.4 Å². The van der Waals surface area contributed by atoms with E-state index in [4.69, 9.17) is 23.8 Å². The first-order valence-corrected chi connectivity index (χ1v) is 4.01. The van der Waals surface area contributed by atoms with Crippen LogP contribution in [0.1, 0.15) is 6.92 Å². The zero-order valence-electron chi connectivity index (χ0n) is 6.04. The topological polar surface area (TPSA) is 29.9 Å². The molecule has 0 fully saturated rings.